The molecule has 0 aromatic carbocycles. The Hall–Kier alpha value is 2.34. The first kappa shape index (κ1) is 33.1. The van der Waals surface area contributed by atoms with Crippen molar-refractivity contribution in [1.29, 1.82) is 0 Å². The van der Waals surface area contributed by atoms with Crippen molar-refractivity contribution in [2.45, 2.75) is 0 Å². The minimum Gasteiger partial charge on any atom is -2.00 e. The zero-order valence-electron chi connectivity index (χ0n) is 1.62. The Morgan fingerprint density at radius 3 is 1.00 bits per heavy atom. The van der Waals surface area contributed by atoms with Gasteiger partial charge in [-0.1, -0.05) is 0 Å². The maximum absolute atomic E-state index is 0. The van der Waals surface area contributed by atoms with Crippen molar-refractivity contribution in [3.05, 3.63) is 0 Å². The molecule has 0 fully saturated rings. The van der Waals surface area contributed by atoms with Gasteiger partial charge in [0, 0.05) is 26.2 Å². The molecule has 18 valence electrons. The summed E-state index contributed by atoms with van der Waals surface area (Å²) >= 11 is 0. The Morgan fingerprint density at radius 1 is 1.00 bits per heavy atom. The van der Waals surface area contributed by atoms with Crippen LogP contribution in [0.25, 0.3) is 0 Å². The van der Waals surface area contributed by atoms with Gasteiger partial charge in [-0.2, -0.15) is 0 Å². The van der Waals surface area contributed by atoms with Crippen molar-refractivity contribution < 1.29 is 51.2 Å². The van der Waals surface area contributed by atoms with Crippen LogP contribution in [0.1, 0.15) is 0 Å². The van der Waals surface area contributed by atoms with E-state index in [0.29, 0.717) is 0 Å². The van der Waals surface area contributed by atoms with Crippen LogP contribution in [-0.4, -0.2) is 25.8 Å². The van der Waals surface area contributed by atoms with Gasteiger partial charge in [-0.25, -0.2) is 0 Å². The Labute approximate surface area is 75.9 Å². The van der Waals surface area contributed by atoms with Gasteiger partial charge in [-0.05, 0) is 0 Å². The summed E-state index contributed by atoms with van der Waals surface area (Å²) in [5.41, 5.74) is 0. The van der Waals surface area contributed by atoms with Crippen molar-refractivity contribution in [3.63, 3.8) is 0 Å². The van der Waals surface area contributed by atoms with Gasteiger partial charge in [0.05, 0.1) is 0 Å². The fraction of sp³-hybridized carbons (Fsp3) is 0. The van der Waals surface area contributed by atoms with Crippen LogP contribution in [0.15, 0.2) is 0 Å². The normalized spacial score (nSPS) is 0. The summed E-state index contributed by atoms with van der Waals surface area (Å²) in [6, 6.07) is 0. The molecule has 0 heterocycles. The van der Waals surface area contributed by atoms with Crippen LogP contribution in [0, 0.1) is 0 Å². The summed E-state index contributed by atoms with van der Waals surface area (Å²) in [6.45, 7) is 0. The first-order chi connectivity index (χ1) is 0. The first-order valence-corrected chi connectivity index (χ1v) is 0. The molecule has 1 nitrogen and oxygen atoms in total. The van der Waals surface area contributed by atoms with E-state index in [1.54, 1.807) is 0 Å². The molecule has 0 spiro atoms. The number of hydrogen-bond donors (Lipinski definition) is 0. The maximum atomic E-state index is 0. The van der Waals surface area contributed by atoms with Gasteiger partial charge in [-0.3, -0.25) is 0 Å². The third-order valence-electron chi connectivity index (χ3n) is 0. The van der Waals surface area contributed by atoms with Crippen LogP contribution in [0.2, 0.25) is 0 Å². The molecule has 0 aliphatic heterocycles. The SMILES string of the molecule is [InH3].[O-2].[Zn+2].[Zr]. The third kappa shape index (κ3) is 8.84. The zero-order chi connectivity index (χ0) is 0. The molecule has 0 atom stereocenters. The summed E-state index contributed by atoms with van der Waals surface area (Å²) in [5, 5.41) is 0. The van der Waals surface area contributed by atoms with Crippen molar-refractivity contribution in [2.24, 2.45) is 0 Å². The molecule has 0 radical (unpaired) electrons. The van der Waals surface area contributed by atoms with Crippen LogP contribution in [0.4, 0.5) is 0 Å². The molecule has 0 aromatic rings. The number of rotatable bonds is 0. The molecule has 0 saturated heterocycles. The Bertz CT molecular complexity index is 8.00. The molecule has 0 N–H and O–H groups in total. The second-order valence-electron chi connectivity index (χ2n) is 0. The van der Waals surface area contributed by atoms with E-state index in [1.807, 2.05) is 0 Å². The van der Waals surface area contributed by atoms with Crippen molar-refractivity contribution >= 4 is 25.8 Å². The monoisotopic (exact) mass is 288 g/mol. The van der Waals surface area contributed by atoms with E-state index in [1.165, 1.54) is 0 Å². The quantitative estimate of drug-likeness (QED) is 0.496. The van der Waals surface area contributed by atoms with Crippen LogP contribution < -0.4 is 0 Å². The number of hydrogen-bond acceptors (Lipinski definition) is 0. The Kier molecular flexibility index (Phi) is 152. The summed E-state index contributed by atoms with van der Waals surface area (Å²) in [7, 11) is 0. The molecular weight excluding hydrogens is 287 g/mol. The summed E-state index contributed by atoms with van der Waals surface area (Å²) < 4.78 is 0. The van der Waals surface area contributed by atoms with E-state index < -0.39 is 0 Å². The molecule has 0 rings (SSSR count). The fourth-order valence-corrected chi connectivity index (χ4v) is 0. The smallest absolute Gasteiger partial charge is 2.00 e. The summed E-state index contributed by atoms with van der Waals surface area (Å²) in [4.78, 5) is 0. The van der Waals surface area contributed by atoms with Gasteiger partial charge < -0.3 is 5.48 Å². The Morgan fingerprint density at radius 2 is 1.00 bits per heavy atom. The predicted octanol–water partition coefficient (Wildman–Crippen LogP) is -1.31. The van der Waals surface area contributed by atoms with Crippen LogP contribution in [0.5, 0.6) is 0 Å². The molecule has 0 aromatic heterocycles. The fourth-order valence-electron chi connectivity index (χ4n) is 0. The Balaban J connectivity index is 0. The van der Waals surface area contributed by atoms with E-state index in [9.17, 15) is 0 Å². The van der Waals surface area contributed by atoms with E-state index in [0.717, 1.165) is 0 Å². The van der Waals surface area contributed by atoms with Gasteiger partial charge in [0.25, 0.3) is 0 Å². The third-order valence-corrected chi connectivity index (χ3v) is 0. The van der Waals surface area contributed by atoms with Crippen LogP contribution in [-0.2, 0) is 51.2 Å². The zero-order valence-corrected chi connectivity index (χ0v) is 7.04. The van der Waals surface area contributed by atoms with E-state index >= 15 is 0 Å². The van der Waals surface area contributed by atoms with E-state index in [4.69, 9.17) is 0 Å². The van der Waals surface area contributed by atoms with Gasteiger partial charge in [0.2, 0.25) is 0 Å². The first-order valence-electron chi connectivity index (χ1n) is 0. The standard InChI is InChI=1S/In.O.Zn.Zr.3H/q;-2;+2;;;;. The van der Waals surface area contributed by atoms with Crippen molar-refractivity contribution in [1.82, 2.24) is 0 Å². The molecule has 0 bridgehead atoms. The van der Waals surface area contributed by atoms with Crippen LogP contribution in [0.3, 0.4) is 0 Å². The minimum absolute atomic E-state index is 0. The second kappa shape index (κ2) is 18.4. The van der Waals surface area contributed by atoms with Crippen LogP contribution >= 0.6 is 0 Å². The topological polar surface area (TPSA) is 28.5 Å². The summed E-state index contributed by atoms with van der Waals surface area (Å²) in [6.07, 6.45) is 0. The molecular formula is H3InOZnZr. The van der Waals surface area contributed by atoms with Gasteiger partial charge >= 0.3 is 45.3 Å². The average molecular weight is 290 g/mol. The summed E-state index contributed by atoms with van der Waals surface area (Å²) in [5.74, 6) is 0. The molecule has 0 aliphatic rings. The maximum Gasteiger partial charge on any atom is 2.00 e. The average Bonchev–Trinajstić information content (AvgIpc) is 0. The van der Waals surface area contributed by atoms with Gasteiger partial charge in [-0.15, -0.1) is 0 Å². The van der Waals surface area contributed by atoms with E-state index in [2.05, 4.69) is 0 Å². The predicted molar refractivity (Wildman–Crippen MR) is 10.6 cm³/mol. The molecule has 0 saturated carbocycles. The van der Waals surface area contributed by atoms with Crippen molar-refractivity contribution in [2.75, 3.05) is 0 Å². The van der Waals surface area contributed by atoms with E-state index in [-0.39, 0.29) is 77.0 Å². The molecule has 0 unspecified atom stereocenters. The molecule has 0 amide bonds. The molecule has 4 heteroatoms. The largest absolute Gasteiger partial charge is 2.00 e. The van der Waals surface area contributed by atoms with Crippen molar-refractivity contribution in [3.8, 4) is 0 Å². The molecule has 0 aliphatic carbocycles. The second-order valence-corrected chi connectivity index (χ2v) is 0. The van der Waals surface area contributed by atoms with Gasteiger partial charge in [0.15, 0.2) is 0 Å². The minimum atomic E-state index is 0. The molecule has 4 heavy (non-hydrogen) atoms. The van der Waals surface area contributed by atoms with Gasteiger partial charge in [0.1, 0.15) is 0 Å².